The maximum absolute atomic E-state index is 11.1. The smallest absolute Gasteiger partial charge is 0.311 e. The molecule has 2 N–H and O–H groups in total. The molecular weight excluding hydrogens is 272 g/mol. The van der Waals surface area contributed by atoms with Gasteiger partial charge in [0, 0.05) is 24.7 Å². The molecule has 0 spiro atoms. The molecule has 0 aliphatic heterocycles. The molecule has 0 amide bonds. The summed E-state index contributed by atoms with van der Waals surface area (Å²) in [6.45, 7) is 5.21. The van der Waals surface area contributed by atoms with E-state index < -0.39 is 4.92 Å². The molecule has 7 nitrogen and oxygen atoms in total. The number of ether oxygens (including phenoxy) is 1. The Morgan fingerprint density at radius 2 is 2.14 bits per heavy atom. The molecule has 7 heteroatoms. The molecule has 0 unspecified atom stereocenters. The maximum atomic E-state index is 11.1. The summed E-state index contributed by atoms with van der Waals surface area (Å²) >= 11 is 0. The number of hydrogen-bond donors (Lipinski definition) is 1. The van der Waals surface area contributed by atoms with Gasteiger partial charge in [-0.05, 0) is 32.0 Å². The molecule has 0 saturated carbocycles. The topological polar surface area (TPSA) is 96.2 Å². The van der Waals surface area contributed by atoms with Crippen LogP contribution in [0, 0.1) is 10.1 Å². The number of nitrogens with two attached hydrogens (primary N) is 1. The maximum Gasteiger partial charge on any atom is 0.311 e. The molecule has 112 valence electrons. The van der Waals surface area contributed by atoms with Gasteiger partial charge in [0.05, 0.1) is 22.9 Å². The SMILES string of the molecule is CCOc1ccc(-c2cc(CN)n(CC)n2)cc1[N+](=O)[O-]. The van der Waals surface area contributed by atoms with Crippen LogP contribution in [0.2, 0.25) is 0 Å². The van der Waals surface area contributed by atoms with Crippen LogP contribution >= 0.6 is 0 Å². The standard InChI is InChI=1S/C14H18N4O3/c1-3-17-11(9-15)8-12(16-17)10-5-6-14(21-4-2)13(7-10)18(19)20/h5-8H,3-4,9,15H2,1-2H3. The first-order chi connectivity index (χ1) is 10.1. The van der Waals surface area contributed by atoms with Gasteiger partial charge in [0.25, 0.3) is 0 Å². The normalized spacial score (nSPS) is 10.6. The summed E-state index contributed by atoms with van der Waals surface area (Å²) in [7, 11) is 0. The minimum atomic E-state index is -0.449. The predicted octanol–water partition coefficient (Wildman–Crippen LogP) is 2.34. The number of aryl methyl sites for hydroxylation is 1. The molecule has 0 radical (unpaired) electrons. The molecule has 1 aromatic carbocycles. The summed E-state index contributed by atoms with van der Waals surface area (Å²) in [5, 5.41) is 15.6. The first-order valence-corrected chi connectivity index (χ1v) is 6.79. The third-order valence-electron chi connectivity index (χ3n) is 3.12. The summed E-state index contributed by atoms with van der Waals surface area (Å²) in [5.41, 5.74) is 7.85. The molecule has 0 aliphatic carbocycles. The van der Waals surface area contributed by atoms with E-state index in [2.05, 4.69) is 5.10 Å². The third-order valence-corrected chi connectivity index (χ3v) is 3.12. The van der Waals surface area contributed by atoms with Crippen molar-refractivity contribution in [2.45, 2.75) is 26.9 Å². The van der Waals surface area contributed by atoms with E-state index >= 15 is 0 Å². The van der Waals surface area contributed by atoms with E-state index in [4.69, 9.17) is 10.5 Å². The Kier molecular flexibility index (Phi) is 4.54. The minimum absolute atomic E-state index is 0.0605. The monoisotopic (exact) mass is 290 g/mol. The van der Waals surface area contributed by atoms with Crippen LogP contribution in [0.3, 0.4) is 0 Å². The predicted molar refractivity (Wildman–Crippen MR) is 79.1 cm³/mol. The molecule has 2 aromatic rings. The highest BCUT2D eigenvalue weighted by Crippen LogP contribution is 2.32. The van der Waals surface area contributed by atoms with Crippen molar-refractivity contribution >= 4 is 5.69 Å². The second-order valence-corrected chi connectivity index (χ2v) is 4.41. The van der Waals surface area contributed by atoms with Gasteiger partial charge >= 0.3 is 5.69 Å². The first kappa shape index (κ1) is 15.0. The molecule has 0 saturated heterocycles. The van der Waals surface area contributed by atoms with Crippen molar-refractivity contribution < 1.29 is 9.66 Å². The van der Waals surface area contributed by atoms with Crippen LogP contribution in [0.15, 0.2) is 24.3 Å². The quantitative estimate of drug-likeness (QED) is 0.650. The molecule has 0 bridgehead atoms. The van der Waals surface area contributed by atoms with Crippen molar-refractivity contribution in [2.24, 2.45) is 5.73 Å². The van der Waals surface area contributed by atoms with Crippen LogP contribution in [0.25, 0.3) is 11.3 Å². The van der Waals surface area contributed by atoms with Gasteiger partial charge in [-0.25, -0.2) is 0 Å². The van der Waals surface area contributed by atoms with Gasteiger partial charge in [-0.2, -0.15) is 5.10 Å². The van der Waals surface area contributed by atoms with Gasteiger partial charge in [-0.1, -0.05) is 0 Å². The van der Waals surface area contributed by atoms with Gasteiger partial charge in [0.1, 0.15) is 0 Å². The van der Waals surface area contributed by atoms with E-state index in [1.54, 1.807) is 23.7 Å². The lowest BCUT2D eigenvalue weighted by atomic mass is 10.1. The zero-order valence-electron chi connectivity index (χ0n) is 12.1. The highest BCUT2D eigenvalue weighted by molar-refractivity contribution is 5.66. The van der Waals surface area contributed by atoms with Crippen LogP contribution in [0.1, 0.15) is 19.5 Å². The number of nitro benzene ring substituents is 1. The van der Waals surface area contributed by atoms with Crippen molar-refractivity contribution in [1.82, 2.24) is 9.78 Å². The Hall–Kier alpha value is -2.41. The summed E-state index contributed by atoms with van der Waals surface area (Å²) in [6.07, 6.45) is 0. The van der Waals surface area contributed by atoms with Crippen LogP contribution < -0.4 is 10.5 Å². The number of benzene rings is 1. The summed E-state index contributed by atoms with van der Waals surface area (Å²) in [4.78, 5) is 10.7. The number of hydrogen-bond acceptors (Lipinski definition) is 5. The van der Waals surface area contributed by atoms with Gasteiger partial charge in [-0.3, -0.25) is 14.8 Å². The Bertz CT molecular complexity index is 630. The molecule has 21 heavy (non-hydrogen) atoms. The van der Waals surface area contributed by atoms with E-state index in [-0.39, 0.29) is 11.4 Å². The molecular formula is C14H18N4O3. The molecule has 2 rings (SSSR count). The average molecular weight is 290 g/mol. The van der Waals surface area contributed by atoms with Gasteiger partial charge < -0.3 is 10.5 Å². The number of aromatic nitrogens is 2. The lowest BCUT2D eigenvalue weighted by Crippen LogP contribution is -2.06. The van der Waals surface area contributed by atoms with Crippen LogP contribution in [-0.2, 0) is 13.1 Å². The van der Waals surface area contributed by atoms with Crippen molar-refractivity contribution in [3.63, 3.8) is 0 Å². The fourth-order valence-corrected chi connectivity index (χ4v) is 2.13. The second-order valence-electron chi connectivity index (χ2n) is 4.41. The highest BCUT2D eigenvalue weighted by Gasteiger charge is 2.18. The van der Waals surface area contributed by atoms with E-state index in [0.29, 0.717) is 31.0 Å². The summed E-state index contributed by atoms with van der Waals surface area (Å²) in [6, 6.07) is 6.70. The van der Waals surface area contributed by atoms with E-state index in [9.17, 15) is 10.1 Å². The molecule has 1 aromatic heterocycles. The lowest BCUT2D eigenvalue weighted by Gasteiger charge is -2.05. The van der Waals surface area contributed by atoms with Crippen molar-refractivity contribution in [2.75, 3.05) is 6.61 Å². The average Bonchev–Trinajstić information content (AvgIpc) is 2.91. The zero-order valence-corrected chi connectivity index (χ0v) is 12.1. The highest BCUT2D eigenvalue weighted by atomic mass is 16.6. The third kappa shape index (κ3) is 3.03. The molecule has 1 heterocycles. The Balaban J connectivity index is 2.47. The summed E-state index contributed by atoms with van der Waals surface area (Å²) in [5.74, 6) is 0.264. The van der Waals surface area contributed by atoms with Crippen molar-refractivity contribution in [1.29, 1.82) is 0 Å². The zero-order chi connectivity index (χ0) is 15.4. The van der Waals surface area contributed by atoms with Crippen molar-refractivity contribution in [3.8, 4) is 17.0 Å². The van der Waals surface area contributed by atoms with Crippen LogP contribution in [0.4, 0.5) is 5.69 Å². The van der Waals surface area contributed by atoms with Crippen LogP contribution in [0.5, 0.6) is 5.75 Å². The molecule has 0 aliphatic rings. The Labute approximate surface area is 122 Å². The van der Waals surface area contributed by atoms with Gasteiger partial charge in [0.2, 0.25) is 0 Å². The van der Waals surface area contributed by atoms with Gasteiger partial charge in [-0.15, -0.1) is 0 Å². The first-order valence-electron chi connectivity index (χ1n) is 6.79. The van der Waals surface area contributed by atoms with E-state index in [1.165, 1.54) is 6.07 Å². The van der Waals surface area contributed by atoms with Gasteiger partial charge in [0.15, 0.2) is 5.75 Å². The lowest BCUT2D eigenvalue weighted by molar-refractivity contribution is -0.385. The number of rotatable bonds is 6. The number of nitrogens with zero attached hydrogens (tertiary/aromatic N) is 3. The molecule has 0 atom stereocenters. The molecule has 0 fully saturated rings. The van der Waals surface area contributed by atoms with Crippen molar-refractivity contribution in [3.05, 3.63) is 40.1 Å². The Morgan fingerprint density at radius 3 is 2.67 bits per heavy atom. The second kappa shape index (κ2) is 6.36. The van der Waals surface area contributed by atoms with E-state index in [1.807, 2.05) is 13.0 Å². The fourth-order valence-electron chi connectivity index (χ4n) is 2.13. The Morgan fingerprint density at radius 1 is 1.38 bits per heavy atom. The summed E-state index contributed by atoms with van der Waals surface area (Å²) < 4.78 is 7.06. The van der Waals surface area contributed by atoms with Crippen LogP contribution in [-0.4, -0.2) is 21.3 Å². The fraction of sp³-hybridized carbons (Fsp3) is 0.357. The van der Waals surface area contributed by atoms with E-state index in [0.717, 1.165) is 5.69 Å². The largest absolute Gasteiger partial charge is 0.487 e. The number of nitro groups is 1. The minimum Gasteiger partial charge on any atom is -0.487 e.